The smallest absolute Gasteiger partial charge is 0.266 e. The number of fused-ring (bicyclic) bond motifs is 1. The van der Waals surface area contributed by atoms with Gasteiger partial charge in [-0.2, -0.15) is 16.9 Å². The SMILES string of the molecule is CC(NC(=O)c1cc(C2CCS[C@@H](C3CCCCO3)C2)cc2cn[nH]c12)c1cccc(C(F)F)c1F. The van der Waals surface area contributed by atoms with Gasteiger partial charge in [0.15, 0.2) is 0 Å². The number of nitrogens with zero attached hydrogens (tertiary/aromatic N) is 1. The summed E-state index contributed by atoms with van der Waals surface area (Å²) in [6, 6.07) is 7.05. The number of ether oxygens (including phenoxy) is 1. The second kappa shape index (κ2) is 10.8. The lowest BCUT2D eigenvalue weighted by Gasteiger charge is -2.36. The van der Waals surface area contributed by atoms with Crippen LogP contribution in [0, 0.1) is 5.82 Å². The number of hydrogen-bond acceptors (Lipinski definition) is 4. The van der Waals surface area contributed by atoms with Crippen LogP contribution in [0.15, 0.2) is 36.5 Å². The van der Waals surface area contributed by atoms with Crippen LogP contribution in [0.5, 0.6) is 0 Å². The Bertz CT molecular complexity index is 1230. The fraction of sp³-hybridized carbons (Fsp3) is 0.481. The Kier molecular flexibility index (Phi) is 7.57. The Morgan fingerprint density at radius 2 is 2.06 bits per heavy atom. The number of rotatable bonds is 6. The molecule has 2 aromatic carbocycles. The molecule has 0 aliphatic carbocycles. The number of carbonyl (C=O) groups is 1. The standard InChI is InChI=1S/C27H30F3N3O2S/c1-15(19-5-4-6-20(24(19)28)26(29)30)32-27(34)21-12-17(11-18-14-31-33-25(18)21)16-8-10-36-23(13-16)22-7-2-3-9-35-22/h4-6,11-12,14-16,22-23,26H,2-3,7-10,13H2,1H3,(H,31,33)(H,32,34)/t15?,16?,22?,23-/m1/s1. The summed E-state index contributed by atoms with van der Waals surface area (Å²) < 4.78 is 47.0. The van der Waals surface area contributed by atoms with Crippen LogP contribution in [0.2, 0.25) is 0 Å². The number of alkyl halides is 2. The molecule has 1 aromatic heterocycles. The van der Waals surface area contributed by atoms with Gasteiger partial charge in [-0.25, -0.2) is 13.2 Å². The van der Waals surface area contributed by atoms with Gasteiger partial charge in [0.05, 0.1) is 35.0 Å². The number of halogens is 3. The first kappa shape index (κ1) is 25.1. The van der Waals surface area contributed by atoms with Gasteiger partial charge in [0, 0.05) is 22.8 Å². The molecule has 3 unspecified atom stereocenters. The normalized spacial score (nSPS) is 23.6. The van der Waals surface area contributed by atoms with Crippen molar-refractivity contribution in [1.82, 2.24) is 15.5 Å². The molecule has 192 valence electrons. The zero-order chi connectivity index (χ0) is 25.2. The van der Waals surface area contributed by atoms with Gasteiger partial charge in [-0.15, -0.1) is 0 Å². The van der Waals surface area contributed by atoms with Crippen molar-refractivity contribution in [3.63, 3.8) is 0 Å². The summed E-state index contributed by atoms with van der Waals surface area (Å²) in [5.74, 6) is -0.0591. The van der Waals surface area contributed by atoms with E-state index in [4.69, 9.17) is 4.74 Å². The average Bonchev–Trinajstić information content (AvgIpc) is 3.37. The number of aromatic amines is 1. The first-order valence-corrected chi connectivity index (χ1v) is 13.5. The van der Waals surface area contributed by atoms with Crippen molar-refractivity contribution < 1.29 is 22.7 Å². The van der Waals surface area contributed by atoms with Gasteiger partial charge in [-0.1, -0.05) is 18.2 Å². The average molecular weight is 518 g/mol. The van der Waals surface area contributed by atoms with Crippen LogP contribution >= 0.6 is 11.8 Å². The third-order valence-corrected chi connectivity index (χ3v) is 8.74. The van der Waals surface area contributed by atoms with Crippen LogP contribution in [0.1, 0.15) is 84.5 Å². The summed E-state index contributed by atoms with van der Waals surface area (Å²) in [4.78, 5) is 13.4. The molecule has 0 bridgehead atoms. The van der Waals surface area contributed by atoms with Gasteiger partial charge in [-0.05, 0) is 68.4 Å². The van der Waals surface area contributed by atoms with E-state index in [1.165, 1.54) is 18.6 Å². The third kappa shape index (κ3) is 5.13. The minimum Gasteiger partial charge on any atom is -0.377 e. The highest BCUT2D eigenvalue weighted by atomic mass is 32.2. The minimum atomic E-state index is -2.93. The maximum atomic E-state index is 14.7. The molecule has 2 saturated heterocycles. The van der Waals surface area contributed by atoms with Crippen molar-refractivity contribution in [3.8, 4) is 0 Å². The third-order valence-electron chi connectivity index (χ3n) is 7.34. The van der Waals surface area contributed by atoms with Crippen LogP contribution in [0.25, 0.3) is 10.9 Å². The molecule has 2 aliphatic heterocycles. The van der Waals surface area contributed by atoms with Crippen LogP contribution < -0.4 is 5.32 Å². The number of benzene rings is 2. The molecule has 9 heteroatoms. The van der Waals surface area contributed by atoms with Gasteiger partial charge in [0.25, 0.3) is 12.3 Å². The monoisotopic (exact) mass is 517 g/mol. The lowest BCUT2D eigenvalue weighted by molar-refractivity contribution is 0.0124. The Morgan fingerprint density at radius 1 is 1.22 bits per heavy atom. The highest BCUT2D eigenvalue weighted by Crippen LogP contribution is 2.41. The van der Waals surface area contributed by atoms with E-state index in [2.05, 4.69) is 21.6 Å². The summed E-state index contributed by atoms with van der Waals surface area (Å²) >= 11 is 1.98. The first-order valence-electron chi connectivity index (χ1n) is 12.5. The van der Waals surface area contributed by atoms with E-state index in [-0.39, 0.29) is 11.7 Å². The number of thioether (sulfide) groups is 1. The van der Waals surface area contributed by atoms with Crippen molar-refractivity contribution in [2.24, 2.45) is 0 Å². The molecule has 36 heavy (non-hydrogen) atoms. The van der Waals surface area contributed by atoms with Crippen LogP contribution in [-0.2, 0) is 4.74 Å². The Balaban J connectivity index is 1.39. The molecule has 4 atom stereocenters. The number of nitrogens with one attached hydrogen (secondary N) is 2. The fourth-order valence-corrected chi connectivity index (χ4v) is 6.89. The van der Waals surface area contributed by atoms with Gasteiger partial charge in [0.1, 0.15) is 5.82 Å². The van der Waals surface area contributed by atoms with Crippen molar-refractivity contribution in [3.05, 3.63) is 64.6 Å². The number of H-pyrrole nitrogens is 1. The molecule has 5 rings (SSSR count). The Morgan fingerprint density at radius 3 is 2.83 bits per heavy atom. The molecule has 5 nitrogen and oxygen atoms in total. The Labute approximate surface area is 212 Å². The van der Waals surface area contributed by atoms with Crippen molar-refractivity contribution in [2.75, 3.05) is 12.4 Å². The predicted molar refractivity (Wildman–Crippen MR) is 135 cm³/mol. The highest BCUT2D eigenvalue weighted by Gasteiger charge is 2.32. The van der Waals surface area contributed by atoms with E-state index in [1.54, 1.807) is 13.1 Å². The quantitative estimate of drug-likeness (QED) is 0.383. The molecule has 0 radical (unpaired) electrons. The molecule has 0 saturated carbocycles. The van der Waals surface area contributed by atoms with E-state index in [1.807, 2.05) is 17.8 Å². The zero-order valence-corrected chi connectivity index (χ0v) is 20.9. The van der Waals surface area contributed by atoms with Gasteiger partial charge >= 0.3 is 0 Å². The van der Waals surface area contributed by atoms with E-state index < -0.39 is 29.8 Å². The molecule has 2 aliphatic rings. The maximum Gasteiger partial charge on any atom is 0.266 e. The van der Waals surface area contributed by atoms with Crippen LogP contribution in [0.4, 0.5) is 13.2 Å². The predicted octanol–water partition coefficient (Wildman–Crippen LogP) is 6.68. The molecule has 0 spiro atoms. The van der Waals surface area contributed by atoms with Gasteiger partial charge in [-0.3, -0.25) is 9.89 Å². The summed E-state index contributed by atoms with van der Waals surface area (Å²) in [5.41, 5.74) is 1.45. The minimum absolute atomic E-state index is 0.0257. The van der Waals surface area contributed by atoms with Crippen molar-refractivity contribution in [1.29, 1.82) is 0 Å². The lowest BCUT2D eigenvalue weighted by atomic mass is 9.87. The molecular formula is C27H30F3N3O2S. The molecule has 2 fully saturated rings. The van der Waals surface area contributed by atoms with Crippen molar-refractivity contribution >= 4 is 28.6 Å². The number of carbonyl (C=O) groups excluding carboxylic acids is 1. The number of hydrogen-bond donors (Lipinski definition) is 2. The lowest BCUT2D eigenvalue weighted by Crippen LogP contribution is -2.34. The van der Waals surface area contributed by atoms with Crippen LogP contribution in [-0.4, -0.2) is 39.8 Å². The zero-order valence-electron chi connectivity index (χ0n) is 20.1. The number of amides is 1. The van der Waals surface area contributed by atoms with Crippen LogP contribution in [0.3, 0.4) is 0 Å². The summed E-state index contributed by atoms with van der Waals surface area (Å²) in [7, 11) is 0. The molecular weight excluding hydrogens is 487 g/mol. The number of aromatic nitrogens is 2. The summed E-state index contributed by atoms with van der Waals surface area (Å²) in [6.45, 7) is 2.42. The summed E-state index contributed by atoms with van der Waals surface area (Å²) in [5, 5.41) is 11.1. The van der Waals surface area contributed by atoms with Gasteiger partial charge < -0.3 is 10.1 Å². The topological polar surface area (TPSA) is 67.0 Å². The maximum absolute atomic E-state index is 14.7. The molecule has 3 aromatic rings. The largest absolute Gasteiger partial charge is 0.377 e. The highest BCUT2D eigenvalue weighted by molar-refractivity contribution is 8.00. The molecule has 1 amide bonds. The van der Waals surface area contributed by atoms with E-state index >= 15 is 0 Å². The second-order valence-electron chi connectivity index (χ2n) is 9.68. The first-order chi connectivity index (χ1) is 17.4. The Hall–Kier alpha value is -2.52. The van der Waals surface area contributed by atoms with E-state index in [0.717, 1.165) is 55.1 Å². The molecule has 2 N–H and O–H groups in total. The van der Waals surface area contributed by atoms with Gasteiger partial charge in [0.2, 0.25) is 0 Å². The van der Waals surface area contributed by atoms with Crippen molar-refractivity contribution in [2.45, 2.75) is 68.8 Å². The fourth-order valence-electron chi connectivity index (χ4n) is 5.37. The second-order valence-corrected chi connectivity index (χ2v) is 11.0. The summed E-state index contributed by atoms with van der Waals surface area (Å²) in [6.07, 6.45) is 4.49. The molecule has 3 heterocycles. The van der Waals surface area contributed by atoms with E-state index in [9.17, 15) is 18.0 Å². The van der Waals surface area contributed by atoms with E-state index in [0.29, 0.717) is 22.2 Å².